The molecule has 0 spiro atoms. The van der Waals surface area contributed by atoms with Gasteiger partial charge >= 0.3 is 5.97 Å². The average molecular weight is 226 g/mol. The van der Waals surface area contributed by atoms with Gasteiger partial charge in [-0.1, -0.05) is 6.07 Å². The number of carbonyl (C=O) groups is 1. The lowest BCUT2D eigenvalue weighted by atomic mass is 10.1. The van der Waals surface area contributed by atoms with Crippen LogP contribution in [0, 0.1) is 5.82 Å². The van der Waals surface area contributed by atoms with Gasteiger partial charge in [-0.25, -0.2) is 9.18 Å². The smallest absolute Gasteiger partial charge is 0.328 e. The molecule has 0 aliphatic rings. The highest BCUT2D eigenvalue weighted by Gasteiger charge is 2.07. The van der Waals surface area contributed by atoms with E-state index in [4.69, 9.17) is 14.9 Å². The van der Waals surface area contributed by atoms with Crippen molar-refractivity contribution in [2.75, 3.05) is 13.7 Å². The van der Waals surface area contributed by atoms with E-state index >= 15 is 0 Å². The third-order valence-electron chi connectivity index (χ3n) is 1.99. The second kappa shape index (κ2) is 5.27. The molecule has 0 aliphatic heterocycles. The van der Waals surface area contributed by atoms with Gasteiger partial charge in [-0.15, -0.1) is 0 Å². The van der Waals surface area contributed by atoms with Crippen molar-refractivity contribution in [3.05, 3.63) is 35.7 Å². The summed E-state index contributed by atoms with van der Waals surface area (Å²) in [5.41, 5.74) is 0.442. The van der Waals surface area contributed by atoms with Crippen LogP contribution in [0.1, 0.15) is 5.56 Å². The predicted octanol–water partition coefficient (Wildman–Crippen LogP) is 1.29. The Morgan fingerprint density at radius 2 is 2.25 bits per heavy atom. The number of carboxylic acid groups (broad SMARTS) is 1. The van der Waals surface area contributed by atoms with Crippen LogP contribution in [-0.2, 0) is 4.79 Å². The van der Waals surface area contributed by atoms with Gasteiger partial charge in [0, 0.05) is 6.08 Å². The summed E-state index contributed by atoms with van der Waals surface area (Å²) < 4.78 is 18.0. The van der Waals surface area contributed by atoms with Crippen LogP contribution in [0.3, 0.4) is 0 Å². The zero-order valence-corrected chi connectivity index (χ0v) is 8.61. The Morgan fingerprint density at radius 1 is 1.56 bits per heavy atom. The largest absolute Gasteiger partial charge is 0.494 e. The molecule has 1 rings (SSSR count). The Bertz CT molecular complexity index is 426. The van der Waals surface area contributed by atoms with Crippen molar-refractivity contribution in [3.8, 4) is 5.75 Å². The fraction of sp³-hybridized carbons (Fsp3) is 0.182. The van der Waals surface area contributed by atoms with E-state index in [1.54, 1.807) is 0 Å². The fourth-order valence-corrected chi connectivity index (χ4v) is 1.24. The fourth-order valence-electron chi connectivity index (χ4n) is 1.24. The first-order valence-corrected chi connectivity index (χ1v) is 4.46. The maximum absolute atomic E-state index is 13.3. The topological polar surface area (TPSA) is 66.8 Å². The third-order valence-corrected chi connectivity index (χ3v) is 1.99. The summed E-state index contributed by atoms with van der Waals surface area (Å²) in [6, 6.07) is 3.97. The number of aliphatic hydroxyl groups is 1. The van der Waals surface area contributed by atoms with E-state index in [9.17, 15) is 9.18 Å². The quantitative estimate of drug-likeness (QED) is 0.759. The third kappa shape index (κ3) is 2.80. The van der Waals surface area contributed by atoms with Crippen LogP contribution >= 0.6 is 0 Å². The molecule has 0 bridgehead atoms. The zero-order chi connectivity index (χ0) is 12.1. The first kappa shape index (κ1) is 12.2. The number of ether oxygens (including phenoxy) is 1. The summed E-state index contributed by atoms with van der Waals surface area (Å²) in [7, 11) is 1.33. The lowest BCUT2D eigenvalue weighted by Crippen LogP contribution is -1.98. The van der Waals surface area contributed by atoms with Crippen molar-refractivity contribution in [3.63, 3.8) is 0 Å². The van der Waals surface area contributed by atoms with Crippen LogP contribution in [0.25, 0.3) is 5.57 Å². The van der Waals surface area contributed by atoms with Crippen molar-refractivity contribution in [1.82, 2.24) is 0 Å². The van der Waals surface area contributed by atoms with Crippen molar-refractivity contribution in [2.45, 2.75) is 0 Å². The molecule has 0 unspecified atom stereocenters. The Kier molecular flexibility index (Phi) is 4.02. The first-order chi connectivity index (χ1) is 7.58. The average Bonchev–Trinajstić information content (AvgIpc) is 2.25. The van der Waals surface area contributed by atoms with Crippen molar-refractivity contribution < 1.29 is 24.1 Å². The molecule has 0 amide bonds. The molecule has 0 aliphatic carbocycles. The highest BCUT2D eigenvalue weighted by atomic mass is 19.1. The molecule has 5 heteroatoms. The molecule has 4 nitrogen and oxygen atoms in total. The van der Waals surface area contributed by atoms with Crippen LogP contribution in [0.2, 0.25) is 0 Å². The molecule has 2 N–H and O–H groups in total. The van der Waals surface area contributed by atoms with E-state index in [1.807, 2.05) is 0 Å². The number of benzene rings is 1. The van der Waals surface area contributed by atoms with E-state index in [0.717, 1.165) is 12.1 Å². The number of halogens is 1. The number of hydrogen-bond acceptors (Lipinski definition) is 3. The van der Waals surface area contributed by atoms with E-state index in [-0.39, 0.29) is 11.3 Å². The summed E-state index contributed by atoms with van der Waals surface area (Å²) in [5.74, 6) is -1.73. The van der Waals surface area contributed by atoms with Crippen LogP contribution in [0.5, 0.6) is 5.75 Å². The van der Waals surface area contributed by atoms with Gasteiger partial charge in [-0.2, -0.15) is 0 Å². The van der Waals surface area contributed by atoms with Crippen molar-refractivity contribution in [1.29, 1.82) is 0 Å². The van der Waals surface area contributed by atoms with E-state index < -0.39 is 18.4 Å². The molecule has 0 atom stereocenters. The molecule has 0 aromatic heterocycles. The predicted molar refractivity (Wildman–Crippen MR) is 55.7 cm³/mol. The molecule has 0 saturated heterocycles. The normalized spacial score (nSPS) is 11.3. The molecule has 86 valence electrons. The van der Waals surface area contributed by atoms with Crippen LogP contribution < -0.4 is 4.74 Å². The monoisotopic (exact) mass is 226 g/mol. The van der Waals surface area contributed by atoms with Gasteiger partial charge in [0.1, 0.15) is 0 Å². The first-order valence-electron chi connectivity index (χ1n) is 4.46. The number of aliphatic carboxylic acids is 1. The molecule has 0 fully saturated rings. The van der Waals surface area contributed by atoms with E-state index in [1.165, 1.54) is 19.2 Å². The maximum atomic E-state index is 13.3. The molecule has 1 aromatic carbocycles. The second-order valence-corrected chi connectivity index (χ2v) is 3.02. The molecule has 1 aromatic rings. The molecule has 16 heavy (non-hydrogen) atoms. The molecular weight excluding hydrogens is 215 g/mol. The molecule has 0 radical (unpaired) electrons. The van der Waals surface area contributed by atoms with Gasteiger partial charge in [0.05, 0.1) is 13.7 Å². The minimum absolute atomic E-state index is 0.0661. The van der Waals surface area contributed by atoms with Crippen LogP contribution in [0.4, 0.5) is 4.39 Å². The number of rotatable bonds is 4. The lowest BCUT2D eigenvalue weighted by molar-refractivity contribution is -0.131. The van der Waals surface area contributed by atoms with Gasteiger partial charge in [0.25, 0.3) is 0 Å². The van der Waals surface area contributed by atoms with Crippen molar-refractivity contribution >= 4 is 11.5 Å². The highest BCUT2D eigenvalue weighted by molar-refractivity contribution is 5.90. The molecule has 0 saturated carbocycles. The second-order valence-electron chi connectivity index (χ2n) is 3.02. The Labute approximate surface area is 91.6 Å². The Morgan fingerprint density at radius 3 is 2.69 bits per heavy atom. The number of carboxylic acids is 1. The van der Waals surface area contributed by atoms with Crippen LogP contribution in [-0.4, -0.2) is 29.9 Å². The van der Waals surface area contributed by atoms with Gasteiger partial charge in [0.15, 0.2) is 11.6 Å². The highest BCUT2D eigenvalue weighted by Crippen LogP contribution is 2.22. The minimum Gasteiger partial charge on any atom is -0.494 e. The Balaban J connectivity index is 3.13. The summed E-state index contributed by atoms with van der Waals surface area (Å²) in [4.78, 5) is 10.4. The molecular formula is C11H11FO4. The van der Waals surface area contributed by atoms with Gasteiger partial charge in [-0.3, -0.25) is 0 Å². The standard InChI is InChI=1S/C11H11FO4/c1-16-10-3-2-7(4-9(10)12)8(6-13)5-11(14)15/h2-5,13H,6H2,1H3,(H,14,15)/b8-5+. The maximum Gasteiger partial charge on any atom is 0.328 e. The Hall–Kier alpha value is -1.88. The summed E-state index contributed by atoms with van der Waals surface area (Å²) >= 11 is 0. The van der Waals surface area contributed by atoms with Gasteiger partial charge in [0.2, 0.25) is 0 Å². The number of aliphatic hydroxyl groups excluding tert-OH is 1. The molecule has 0 heterocycles. The summed E-state index contributed by atoms with van der Waals surface area (Å²) in [6.45, 7) is -0.474. The number of hydrogen-bond donors (Lipinski definition) is 2. The van der Waals surface area contributed by atoms with Crippen molar-refractivity contribution in [2.24, 2.45) is 0 Å². The summed E-state index contributed by atoms with van der Waals surface area (Å²) in [5, 5.41) is 17.5. The minimum atomic E-state index is -1.19. The van der Waals surface area contributed by atoms with Gasteiger partial charge < -0.3 is 14.9 Å². The van der Waals surface area contributed by atoms with E-state index in [0.29, 0.717) is 5.56 Å². The van der Waals surface area contributed by atoms with E-state index in [2.05, 4.69) is 0 Å². The zero-order valence-electron chi connectivity index (χ0n) is 8.61. The summed E-state index contributed by atoms with van der Waals surface area (Å²) in [6.07, 6.45) is 0.835. The van der Waals surface area contributed by atoms with Gasteiger partial charge in [-0.05, 0) is 23.3 Å². The number of methoxy groups -OCH3 is 1. The lowest BCUT2D eigenvalue weighted by Gasteiger charge is -2.06. The SMILES string of the molecule is COc1ccc(/C(=C/C(=O)O)CO)cc1F. The van der Waals surface area contributed by atoms with Crippen LogP contribution in [0.15, 0.2) is 24.3 Å².